The average Bonchev–Trinajstić information content (AvgIpc) is 2.57. The topological polar surface area (TPSA) is 15.8 Å². The van der Waals surface area contributed by atoms with Gasteiger partial charge in [0, 0.05) is 21.4 Å². The summed E-state index contributed by atoms with van der Waals surface area (Å²) in [5, 5.41) is 1.39. The molecule has 1 aliphatic carbocycles. The third-order valence-electron chi connectivity index (χ3n) is 3.03. The molecule has 2 aromatic rings. The summed E-state index contributed by atoms with van der Waals surface area (Å²) < 4.78 is 0. The van der Waals surface area contributed by atoms with Crippen molar-refractivity contribution in [3.8, 4) is 0 Å². The summed E-state index contributed by atoms with van der Waals surface area (Å²) in [6.07, 6.45) is 3.75. The maximum absolute atomic E-state index is 3.77. The van der Waals surface area contributed by atoms with Crippen LogP contribution in [0.25, 0.3) is 10.9 Å². The van der Waals surface area contributed by atoms with Gasteiger partial charge in [0.25, 0.3) is 0 Å². The van der Waals surface area contributed by atoms with Gasteiger partial charge in [0.15, 0.2) is 0 Å². The highest BCUT2D eigenvalue weighted by Gasteiger charge is 2.21. The number of H-pyrrole nitrogens is 1. The summed E-state index contributed by atoms with van der Waals surface area (Å²) in [4.78, 5) is 4.06. The number of aromatic nitrogens is 1. The third kappa shape index (κ3) is 1.13. The molecule has 1 aromatic carbocycles. The zero-order valence-corrected chi connectivity index (χ0v) is 9.47. The van der Waals surface area contributed by atoms with Crippen LogP contribution in [0.2, 0.25) is 0 Å². The summed E-state index contributed by atoms with van der Waals surface area (Å²) in [6.45, 7) is 0. The summed E-state index contributed by atoms with van der Waals surface area (Å²) >= 11 is 3.77. The highest BCUT2D eigenvalue weighted by atomic mass is 79.9. The lowest BCUT2D eigenvalue weighted by atomic mass is 9.95. The molecular weight excluding hydrogens is 238 g/mol. The molecule has 0 saturated carbocycles. The number of rotatable bonds is 0. The van der Waals surface area contributed by atoms with E-state index in [0.717, 1.165) is 0 Å². The first-order chi connectivity index (χ1) is 6.86. The minimum atomic E-state index is 0.544. The van der Waals surface area contributed by atoms with Crippen LogP contribution in [0.1, 0.15) is 28.9 Å². The Balaban J connectivity index is 2.34. The number of hydrogen-bond acceptors (Lipinski definition) is 0. The highest BCUT2D eigenvalue weighted by Crippen LogP contribution is 2.40. The molecule has 1 heterocycles. The first kappa shape index (κ1) is 8.54. The number of benzene rings is 1. The highest BCUT2D eigenvalue weighted by molar-refractivity contribution is 9.09. The van der Waals surface area contributed by atoms with Crippen LogP contribution in [0.3, 0.4) is 0 Å². The fourth-order valence-corrected chi connectivity index (χ4v) is 3.22. The lowest BCUT2D eigenvalue weighted by molar-refractivity contribution is 0.675. The number of halogens is 1. The summed E-state index contributed by atoms with van der Waals surface area (Å²) in [5.74, 6) is 0. The molecule has 1 nitrogen and oxygen atoms in total. The molecule has 72 valence electrons. The van der Waals surface area contributed by atoms with Crippen LogP contribution >= 0.6 is 15.9 Å². The van der Waals surface area contributed by atoms with Gasteiger partial charge in [-0.3, -0.25) is 0 Å². The van der Waals surface area contributed by atoms with E-state index in [2.05, 4.69) is 45.2 Å². The number of hydrogen-bond donors (Lipinski definition) is 1. The van der Waals surface area contributed by atoms with Crippen LogP contribution in [-0.4, -0.2) is 4.98 Å². The molecule has 1 N–H and O–H groups in total. The predicted octanol–water partition coefficient (Wildman–Crippen LogP) is 3.94. The molecule has 0 bridgehead atoms. The smallest absolute Gasteiger partial charge is 0.0459 e. The number of para-hydroxylation sites is 1. The quantitative estimate of drug-likeness (QED) is 0.681. The molecule has 0 amide bonds. The number of aryl methyl sites for hydroxylation is 1. The van der Waals surface area contributed by atoms with Crippen LogP contribution in [0.4, 0.5) is 0 Å². The molecule has 0 aliphatic heterocycles. The van der Waals surface area contributed by atoms with Crippen molar-refractivity contribution < 1.29 is 0 Å². The zero-order valence-electron chi connectivity index (χ0n) is 7.89. The van der Waals surface area contributed by atoms with Gasteiger partial charge in [-0.05, 0) is 30.9 Å². The number of aromatic amines is 1. The van der Waals surface area contributed by atoms with Crippen LogP contribution in [0, 0.1) is 0 Å². The zero-order chi connectivity index (χ0) is 9.54. The second-order valence-corrected chi connectivity index (χ2v) is 5.03. The largest absolute Gasteiger partial charge is 0.358 e. The van der Waals surface area contributed by atoms with Gasteiger partial charge >= 0.3 is 0 Å². The van der Waals surface area contributed by atoms with Gasteiger partial charge in [0.1, 0.15) is 0 Å². The van der Waals surface area contributed by atoms with E-state index in [1.54, 1.807) is 0 Å². The van der Waals surface area contributed by atoms with Crippen LogP contribution in [0.15, 0.2) is 24.3 Å². The monoisotopic (exact) mass is 249 g/mol. The molecule has 0 radical (unpaired) electrons. The Morgan fingerprint density at radius 2 is 2.14 bits per heavy atom. The Kier molecular flexibility index (Phi) is 1.91. The van der Waals surface area contributed by atoms with Crippen LogP contribution in [0.5, 0.6) is 0 Å². The molecule has 1 unspecified atom stereocenters. The number of alkyl halides is 1. The molecule has 14 heavy (non-hydrogen) atoms. The van der Waals surface area contributed by atoms with Gasteiger partial charge in [-0.1, -0.05) is 34.1 Å². The second kappa shape index (κ2) is 3.13. The number of fused-ring (bicyclic) bond motifs is 3. The normalized spacial score (nSPS) is 21.1. The van der Waals surface area contributed by atoms with Crippen molar-refractivity contribution in [2.45, 2.75) is 24.1 Å². The molecular formula is C12H12BrN. The molecule has 3 rings (SSSR count). The van der Waals surface area contributed by atoms with Crippen molar-refractivity contribution in [3.05, 3.63) is 35.5 Å². The fourth-order valence-electron chi connectivity index (χ4n) is 2.38. The minimum Gasteiger partial charge on any atom is -0.358 e. The van der Waals surface area contributed by atoms with E-state index in [1.165, 1.54) is 41.4 Å². The van der Waals surface area contributed by atoms with E-state index >= 15 is 0 Å². The Labute approximate surface area is 91.6 Å². The number of nitrogens with one attached hydrogen (secondary N) is 1. The van der Waals surface area contributed by atoms with E-state index < -0.39 is 0 Å². The third-order valence-corrected chi connectivity index (χ3v) is 3.94. The molecule has 0 spiro atoms. The Hall–Kier alpha value is -0.760. The lowest BCUT2D eigenvalue weighted by Gasteiger charge is -2.17. The van der Waals surface area contributed by atoms with E-state index in [-0.39, 0.29) is 0 Å². The van der Waals surface area contributed by atoms with Crippen molar-refractivity contribution in [2.75, 3.05) is 0 Å². The van der Waals surface area contributed by atoms with Crippen LogP contribution in [-0.2, 0) is 6.42 Å². The lowest BCUT2D eigenvalue weighted by Crippen LogP contribution is -2.02. The van der Waals surface area contributed by atoms with E-state index in [9.17, 15) is 0 Å². The molecule has 0 fully saturated rings. The van der Waals surface area contributed by atoms with Gasteiger partial charge < -0.3 is 4.98 Å². The van der Waals surface area contributed by atoms with Gasteiger partial charge in [-0.2, -0.15) is 0 Å². The van der Waals surface area contributed by atoms with Crippen molar-refractivity contribution in [1.29, 1.82) is 0 Å². The van der Waals surface area contributed by atoms with Crippen molar-refractivity contribution in [1.82, 2.24) is 4.98 Å². The minimum absolute atomic E-state index is 0.544. The Morgan fingerprint density at radius 1 is 1.29 bits per heavy atom. The first-order valence-electron chi connectivity index (χ1n) is 5.10. The standard InChI is InChI=1S/C12H12BrN/c13-9-5-3-7-11-12(9)8-4-1-2-6-10(8)14-11/h1-2,4,6,9,14H,3,5,7H2. The van der Waals surface area contributed by atoms with Gasteiger partial charge in [0.05, 0.1) is 0 Å². The summed E-state index contributed by atoms with van der Waals surface area (Å²) in [6, 6.07) is 8.58. The molecule has 0 saturated heterocycles. The van der Waals surface area contributed by atoms with E-state index in [0.29, 0.717) is 4.83 Å². The van der Waals surface area contributed by atoms with E-state index in [4.69, 9.17) is 0 Å². The fraction of sp³-hybridized carbons (Fsp3) is 0.333. The maximum Gasteiger partial charge on any atom is 0.0459 e. The maximum atomic E-state index is 3.77. The van der Waals surface area contributed by atoms with Crippen LogP contribution < -0.4 is 0 Å². The summed E-state index contributed by atoms with van der Waals surface area (Å²) in [7, 11) is 0. The van der Waals surface area contributed by atoms with E-state index in [1.807, 2.05) is 0 Å². The first-order valence-corrected chi connectivity index (χ1v) is 6.01. The predicted molar refractivity (Wildman–Crippen MR) is 62.9 cm³/mol. The van der Waals surface area contributed by atoms with Gasteiger partial charge in [-0.15, -0.1) is 0 Å². The van der Waals surface area contributed by atoms with Gasteiger partial charge in [-0.25, -0.2) is 0 Å². The molecule has 1 aromatic heterocycles. The SMILES string of the molecule is BrC1CCCc2[nH]c3ccccc3c21. The van der Waals surface area contributed by atoms with Crippen molar-refractivity contribution >= 4 is 26.8 Å². The molecule has 2 heteroatoms. The Morgan fingerprint density at radius 3 is 3.07 bits per heavy atom. The van der Waals surface area contributed by atoms with Gasteiger partial charge in [0.2, 0.25) is 0 Å². The van der Waals surface area contributed by atoms with Crippen molar-refractivity contribution in [3.63, 3.8) is 0 Å². The molecule has 1 atom stereocenters. The van der Waals surface area contributed by atoms with Crippen molar-refractivity contribution in [2.24, 2.45) is 0 Å². The Bertz CT molecular complexity index is 472. The second-order valence-electron chi connectivity index (χ2n) is 3.92. The average molecular weight is 250 g/mol. The summed E-state index contributed by atoms with van der Waals surface area (Å²) in [5.41, 5.74) is 4.20. The molecule has 1 aliphatic rings.